The zero-order valence-electron chi connectivity index (χ0n) is 12.5. The molecule has 0 bridgehead atoms. The van der Waals surface area contributed by atoms with Crippen molar-refractivity contribution in [1.82, 2.24) is 5.16 Å². The van der Waals surface area contributed by atoms with Crippen molar-refractivity contribution in [1.29, 1.82) is 0 Å². The van der Waals surface area contributed by atoms with Gasteiger partial charge >= 0.3 is 0 Å². The molecule has 116 valence electrons. The topological polar surface area (TPSA) is 64.4 Å². The summed E-state index contributed by atoms with van der Waals surface area (Å²) in [6.45, 7) is 1.87. The summed E-state index contributed by atoms with van der Waals surface area (Å²) in [6.07, 6.45) is 3.81. The molecule has 1 aromatic heterocycles. The van der Waals surface area contributed by atoms with Crippen molar-refractivity contribution in [3.05, 3.63) is 39.7 Å². The van der Waals surface area contributed by atoms with E-state index in [2.05, 4.69) is 10.5 Å². The summed E-state index contributed by atoms with van der Waals surface area (Å²) in [5.41, 5.74) is 2.72. The van der Waals surface area contributed by atoms with Gasteiger partial charge in [-0.2, -0.15) is 0 Å². The lowest BCUT2D eigenvalue weighted by Crippen LogP contribution is -2.16. The minimum absolute atomic E-state index is 0.285. The predicted molar refractivity (Wildman–Crippen MR) is 83.8 cm³/mol. The van der Waals surface area contributed by atoms with Gasteiger partial charge in [0.05, 0.1) is 12.8 Å². The van der Waals surface area contributed by atoms with Gasteiger partial charge in [-0.1, -0.05) is 16.8 Å². The van der Waals surface area contributed by atoms with Crippen molar-refractivity contribution < 1.29 is 14.1 Å². The molecule has 0 spiro atoms. The second-order valence-electron chi connectivity index (χ2n) is 5.40. The maximum atomic E-state index is 12.5. The molecular formula is C16H17ClN2O3. The normalized spacial score (nSPS) is 13.6. The minimum atomic E-state index is -0.285. The van der Waals surface area contributed by atoms with E-state index in [0.717, 1.165) is 42.6 Å². The van der Waals surface area contributed by atoms with Gasteiger partial charge in [0.15, 0.2) is 5.69 Å². The van der Waals surface area contributed by atoms with Crippen LogP contribution in [0.5, 0.6) is 5.75 Å². The summed E-state index contributed by atoms with van der Waals surface area (Å²) in [7, 11) is 1.54. The number of halogens is 1. The van der Waals surface area contributed by atoms with Crippen molar-refractivity contribution in [2.24, 2.45) is 0 Å². The van der Waals surface area contributed by atoms with Gasteiger partial charge in [-0.3, -0.25) is 4.79 Å². The molecule has 1 aliphatic carbocycles. The van der Waals surface area contributed by atoms with Crippen LogP contribution in [0.25, 0.3) is 0 Å². The lowest BCUT2D eigenvalue weighted by atomic mass is 9.96. The van der Waals surface area contributed by atoms with Crippen molar-refractivity contribution in [2.75, 3.05) is 12.4 Å². The Bertz CT molecular complexity index is 724. The standard InChI is InChI=1S/C16H17ClN2O3/c1-9-7-12(14(21-2)8-11(9)17)18-16(20)15-10-5-3-4-6-13(10)22-19-15/h7-8H,3-6H2,1-2H3,(H,18,20). The quantitative estimate of drug-likeness (QED) is 0.934. The zero-order chi connectivity index (χ0) is 15.7. The van der Waals surface area contributed by atoms with Crippen LogP contribution in [0.15, 0.2) is 16.7 Å². The minimum Gasteiger partial charge on any atom is -0.495 e. The number of benzene rings is 1. The maximum absolute atomic E-state index is 12.5. The van der Waals surface area contributed by atoms with E-state index in [4.69, 9.17) is 20.9 Å². The number of aromatic nitrogens is 1. The molecule has 1 heterocycles. The monoisotopic (exact) mass is 320 g/mol. The third-order valence-electron chi connectivity index (χ3n) is 3.89. The molecule has 0 unspecified atom stereocenters. The Morgan fingerprint density at radius 3 is 2.91 bits per heavy atom. The number of ether oxygens (including phenoxy) is 1. The number of methoxy groups -OCH3 is 1. The van der Waals surface area contributed by atoms with Gasteiger partial charge in [-0.05, 0) is 37.8 Å². The molecule has 6 heteroatoms. The van der Waals surface area contributed by atoms with E-state index < -0.39 is 0 Å². The molecule has 2 aromatic rings. The summed E-state index contributed by atoms with van der Waals surface area (Å²) in [6, 6.07) is 3.47. The van der Waals surface area contributed by atoms with Crippen LogP contribution in [0.3, 0.4) is 0 Å². The molecule has 1 aliphatic rings. The van der Waals surface area contributed by atoms with E-state index in [1.54, 1.807) is 12.1 Å². The van der Waals surface area contributed by atoms with Crippen LogP contribution in [0.1, 0.15) is 40.2 Å². The predicted octanol–water partition coefficient (Wildman–Crippen LogP) is 3.78. The smallest absolute Gasteiger partial charge is 0.278 e. The van der Waals surface area contributed by atoms with Crippen LogP contribution < -0.4 is 10.1 Å². The Balaban J connectivity index is 1.89. The molecule has 5 nitrogen and oxygen atoms in total. The SMILES string of the molecule is COc1cc(Cl)c(C)cc1NC(=O)c1noc2c1CCCC2. The van der Waals surface area contributed by atoms with E-state index >= 15 is 0 Å². The molecule has 1 N–H and O–H groups in total. The zero-order valence-corrected chi connectivity index (χ0v) is 13.3. The summed E-state index contributed by atoms with van der Waals surface area (Å²) in [5.74, 6) is 1.06. The highest BCUT2D eigenvalue weighted by Gasteiger charge is 2.24. The van der Waals surface area contributed by atoms with Gasteiger partial charge in [0.1, 0.15) is 11.5 Å². The van der Waals surface area contributed by atoms with E-state index in [-0.39, 0.29) is 5.91 Å². The van der Waals surface area contributed by atoms with Gasteiger partial charge in [-0.15, -0.1) is 0 Å². The molecule has 0 saturated carbocycles. The highest BCUT2D eigenvalue weighted by Crippen LogP contribution is 2.32. The number of hydrogen-bond donors (Lipinski definition) is 1. The second-order valence-corrected chi connectivity index (χ2v) is 5.80. The van der Waals surface area contributed by atoms with Crippen LogP contribution >= 0.6 is 11.6 Å². The fourth-order valence-corrected chi connectivity index (χ4v) is 2.83. The van der Waals surface area contributed by atoms with Crippen LogP contribution in [-0.4, -0.2) is 18.2 Å². The number of fused-ring (bicyclic) bond motifs is 1. The number of nitrogens with one attached hydrogen (secondary N) is 1. The Morgan fingerprint density at radius 1 is 1.36 bits per heavy atom. The average Bonchev–Trinajstić information content (AvgIpc) is 2.94. The fraction of sp³-hybridized carbons (Fsp3) is 0.375. The van der Waals surface area contributed by atoms with Gasteiger partial charge in [0.25, 0.3) is 5.91 Å². The average molecular weight is 321 g/mol. The number of amides is 1. The number of carbonyl (C=O) groups excluding carboxylic acids is 1. The van der Waals surface area contributed by atoms with Crippen molar-refractivity contribution in [3.8, 4) is 5.75 Å². The molecule has 1 amide bonds. The van der Waals surface area contributed by atoms with Crippen molar-refractivity contribution in [3.63, 3.8) is 0 Å². The largest absolute Gasteiger partial charge is 0.495 e. The molecule has 0 fully saturated rings. The Labute approximate surface area is 133 Å². The number of aryl methyl sites for hydroxylation is 2. The van der Waals surface area contributed by atoms with E-state index in [0.29, 0.717) is 22.2 Å². The number of nitrogens with zero attached hydrogens (tertiary/aromatic N) is 1. The molecule has 0 atom stereocenters. The first-order valence-electron chi connectivity index (χ1n) is 7.23. The Hall–Kier alpha value is -2.01. The number of carbonyl (C=O) groups is 1. The van der Waals surface area contributed by atoms with Gasteiger partial charge < -0.3 is 14.6 Å². The third-order valence-corrected chi connectivity index (χ3v) is 4.30. The molecular weight excluding hydrogens is 304 g/mol. The molecule has 0 aliphatic heterocycles. The summed E-state index contributed by atoms with van der Waals surface area (Å²) in [5, 5.41) is 7.36. The number of hydrogen-bond acceptors (Lipinski definition) is 4. The molecule has 3 rings (SSSR count). The third kappa shape index (κ3) is 2.68. The lowest BCUT2D eigenvalue weighted by molar-refractivity contribution is 0.101. The van der Waals surface area contributed by atoms with Crippen LogP contribution in [0, 0.1) is 6.92 Å². The summed E-state index contributed by atoms with van der Waals surface area (Å²) in [4.78, 5) is 12.5. The second kappa shape index (κ2) is 6.01. The van der Waals surface area contributed by atoms with Gasteiger partial charge in [-0.25, -0.2) is 0 Å². The first kappa shape index (κ1) is 14.9. The Kier molecular flexibility index (Phi) is 4.07. The van der Waals surface area contributed by atoms with E-state index in [1.807, 2.05) is 6.92 Å². The first-order chi connectivity index (χ1) is 10.6. The highest BCUT2D eigenvalue weighted by atomic mass is 35.5. The van der Waals surface area contributed by atoms with Gasteiger partial charge in [0, 0.05) is 23.1 Å². The fourth-order valence-electron chi connectivity index (χ4n) is 2.67. The van der Waals surface area contributed by atoms with Crippen molar-refractivity contribution in [2.45, 2.75) is 32.6 Å². The van der Waals surface area contributed by atoms with E-state index in [1.165, 1.54) is 7.11 Å². The van der Waals surface area contributed by atoms with Gasteiger partial charge in [0.2, 0.25) is 0 Å². The molecule has 0 radical (unpaired) electrons. The molecule has 1 aromatic carbocycles. The number of rotatable bonds is 3. The van der Waals surface area contributed by atoms with Crippen LogP contribution in [-0.2, 0) is 12.8 Å². The number of anilines is 1. The van der Waals surface area contributed by atoms with Crippen LogP contribution in [0.4, 0.5) is 5.69 Å². The summed E-state index contributed by atoms with van der Waals surface area (Å²) < 4.78 is 10.6. The molecule has 0 saturated heterocycles. The van der Waals surface area contributed by atoms with Crippen LogP contribution in [0.2, 0.25) is 5.02 Å². The Morgan fingerprint density at radius 2 is 2.14 bits per heavy atom. The summed E-state index contributed by atoms with van der Waals surface area (Å²) >= 11 is 6.08. The van der Waals surface area contributed by atoms with E-state index in [9.17, 15) is 4.79 Å². The van der Waals surface area contributed by atoms with Crippen molar-refractivity contribution >= 4 is 23.2 Å². The maximum Gasteiger partial charge on any atom is 0.278 e. The highest BCUT2D eigenvalue weighted by molar-refractivity contribution is 6.31. The first-order valence-corrected chi connectivity index (χ1v) is 7.61. The molecule has 22 heavy (non-hydrogen) atoms. The lowest BCUT2D eigenvalue weighted by Gasteiger charge is -2.12.